The van der Waals surface area contributed by atoms with Crippen molar-refractivity contribution in [2.75, 3.05) is 26.3 Å². The van der Waals surface area contributed by atoms with Crippen molar-refractivity contribution < 1.29 is 0 Å². The van der Waals surface area contributed by atoms with Gasteiger partial charge < -0.3 is 10.6 Å². The van der Waals surface area contributed by atoms with Crippen molar-refractivity contribution in [3.05, 3.63) is 71.6 Å². The number of aliphatic imine (C=N–C) groups is 2. The maximum Gasteiger partial charge on any atom is 0.210 e. The molecule has 0 aromatic heterocycles. The molecule has 2 aromatic rings. The number of nitrogens with one attached hydrogen (secondary N) is 2. The van der Waals surface area contributed by atoms with Gasteiger partial charge in [-0.05, 0) is 36.6 Å². The molecule has 0 fully saturated rings. The average Bonchev–Trinajstić information content (AvgIpc) is 3.25. The quantitative estimate of drug-likeness (QED) is 0.637. The Morgan fingerprint density at radius 2 is 2.00 bits per heavy atom. The molecule has 0 saturated heterocycles. The molecule has 6 nitrogen and oxygen atoms in total. The van der Waals surface area contributed by atoms with Crippen molar-refractivity contribution in [1.82, 2.24) is 15.5 Å². The molecular formula is C23H28N6. The van der Waals surface area contributed by atoms with E-state index in [0.29, 0.717) is 0 Å². The highest BCUT2D eigenvalue weighted by Gasteiger charge is 2.28. The van der Waals surface area contributed by atoms with Crippen LogP contribution in [0.5, 0.6) is 0 Å². The minimum absolute atomic E-state index is 0.816. The lowest BCUT2D eigenvalue weighted by atomic mass is 9.98. The Kier molecular flexibility index (Phi) is 5.74. The lowest BCUT2D eigenvalue weighted by Crippen LogP contribution is -2.52. The highest BCUT2D eigenvalue weighted by atomic mass is 15.3. The fourth-order valence-electron chi connectivity index (χ4n) is 3.61. The van der Waals surface area contributed by atoms with Gasteiger partial charge in [-0.2, -0.15) is 0 Å². The minimum atomic E-state index is -0.986. The zero-order valence-electron chi connectivity index (χ0n) is 16.8. The summed E-state index contributed by atoms with van der Waals surface area (Å²) in [5.74, 6) is -0.0965. The Morgan fingerprint density at radius 1 is 1.17 bits per heavy atom. The predicted molar refractivity (Wildman–Crippen MR) is 120 cm³/mol. The van der Waals surface area contributed by atoms with E-state index in [4.69, 9.17) is 5.73 Å². The van der Waals surface area contributed by atoms with E-state index in [-0.39, 0.29) is 0 Å². The van der Waals surface area contributed by atoms with Crippen molar-refractivity contribution in [1.29, 1.82) is 0 Å². The average molecular weight is 389 g/mol. The molecule has 4 rings (SSSR count). The topological polar surface area (TPSA) is 78.0 Å². The van der Waals surface area contributed by atoms with Gasteiger partial charge in [0.2, 0.25) is 5.79 Å². The third-order valence-corrected chi connectivity index (χ3v) is 5.22. The number of aryl methyl sites for hydroxylation is 1. The van der Waals surface area contributed by atoms with Gasteiger partial charge >= 0.3 is 0 Å². The molecule has 1 unspecified atom stereocenters. The Balaban J connectivity index is 1.40. The van der Waals surface area contributed by atoms with Gasteiger partial charge in [-0.1, -0.05) is 48.0 Å². The van der Waals surface area contributed by atoms with E-state index in [2.05, 4.69) is 68.8 Å². The number of hydrogen-bond acceptors (Lipinski definition) is 6. The standard InChI is InChI=1S/C23H28N6/c1-18-5-2-6-19(15-18)20-7-3-8-21(16-20)23(24)27-11-9-22(28-23)26-10-4-13-29-14-12-25-17-29/h2-3,5-9,11-12,15-16,26,28H,4,10,13-14,17,24H2,1H3. The fourth-order valence-corrected chi connectivity index (χ4v) is 3.61. The summed E-state index contributed by atoms with van der Waals surface area (Å²) in [5.41, 5.74) is 11.1. The molecule has 2 aliphatic rings. The molecule has 0 radical (unpaired) electrons. The smallest absolute Gasteiger partial charge is 0.210 e. The summed E-state index contributed by atoms with van der Waals surface area (Å²) >= 11 is 0. The molecular weight excluding hydrogens is 360 g/mol. The Morgan fingerprint density at radius 3 is 2.79 bits per heavy atom. The summed E-state index contributed by atoms with van der Waals surface area (Å²) in [5, 5.41) is 6.79. The summed E-state index contributed by atoms with van der Waals surface area (Å²) in [4.78, 5) is 11.1. The largest absolute Gasteiger partial charge is 0.372 e. The van der Waals surface area contributed by atoms with Crippen molar-refractivity contribution in [2.45, 2.75) is 19.1 Å². The SMILES string of the molecule is Cc1cccc(-c2cccc(C3(N)N=CC=C(NCCCN4CC=NC4)N3)c2)c1. The van der Waals surface area contributed by atoms with Gasteiger partial charge in [0.25, 0.3) is 0 Å². The molecule has 0 amide bonds. The summed E-state index contributed by atoms with van der Waals surface area (Å²) in [7, 11) is 0. The van der Waals surface area contributed by atoms with Gasteiger partial charge in [-0.15, -0.1) is 0 Å². The third-order valence-electron chi connectivity index (χ3n) is 5.22. The summed E-state index contributed by atoms with van der Waals surface area (Å²) in [6.07, 6.45) is 6.71. The number of nitrogens with zero attached hydrogens (tertiary/aromatic N) is 3. The van der Waals surface area contributed by atoms with Crippen molar-refractivity contribution in [3.63, 3.8) is 0 Å². The normalized spacial score (nSPS) is 21.1. The maximum atomic E-state index is 6.64. The van der Waals surface area contributed by atoms with Crippen LogP contribution in [0.1, 0.15) is 17.5 Å². The first-order valence-electron chi connectivity index (χ1n) is 10.1. The Bertz CT molecular complexity index is 940. The zero-order valence-corrected chi connectivity index (χ0v) is 16.8. The molecule has 4 N–H and O–H groups in total. The van der Waals surface area contributed by atoms with Crippen LogP contribution < -0.4 is 16.4 Å². The maximum absolute atomic E-state index is 6.64. The van der Waals surface area contributed by atoms with Crippen LogP contribution in [-0.2, 0) is 5.79 Å². The van der Waals surface area contributed by atoms with E-state index in [9.17, 15) is 0 Å². The second-order valence-electron chi connectivity index (χ2n) is 7.56. The molecule has 150 valence electrons. The Labute approximate surface area is 172 Å². The van der Waals surface area contributed by atoms with Crippen LogP contribution in [0.25, 0.3) is 11.1 Å². The van der Waals surface area contributed by atoms with Gasteiger partial charge in [-0.3, -0.25) is 15.6 Å². The van der Waals surface area contributed by atoms with Gasteiger partial charge in [0.15, 0.2) is 0 Å². The molecule has 6 heteroatoms. The third kappa shape index (κ3) is 4.72. The van der Waals surface area contributed by atoms with Gasteiger partial charge in [0.05, 0.1) is 6.67 Å². The van der Waals surface area contributed by atoms with Crippen LogP contribution in [0.2, 0.25) is 0 Å². The van der Waals surface area contributed by atoms with Crippen LogP contribution in [-0.4, -0.2) is 43.6 Å². The molecule has 0 aliphatic carbocycles. The van der Waals surface area contributed by atoms with Crippen LogP contribution in [0, 0.1) is 6.92 Å². The molecule has 0 bridgehead atoms. The van der Waals surface area contributed by atoms with Crippen LogP contribution in [0.15, 0.2) is 70.4 Å². The molecule has 0 spiro atoms. The molecule has 1 atom stereocenters. The molecule has 2 aromatic carbocycles. The van der Waals surface area contributed by atoms with Crippen molar-refractivity contribution in [2.24, 2.45) is 15.7 Å². The van der Waals surface area contributed by atoms with Crippen molar-refractivity contribution >= 4 is 12.4 Å². The first-order chi connectivity index (χ1) is 14.1. The molecule has 2 heterocycles. The first kappa shape index (κ1) is 19.4. The fraction of sp³-hybridized carbons (Fsp3) is 0.304. The molecule has 0 saturated carbocycles. The van der Waals surface area contributed by atoms with Gasteiger partial charge in [0.1, 0.15) is 5.82 Å². The van der Waals surface area contributed by atoms with E-state index in [1.165, 1.54) is 11.1 Å². The number of nitrogens with two attached hydrogens (primary N) is 1. The highest BCUT2D eigenvalue weighted by molar-refractivity contribution is 5.74. The second kappa shape index (κ2) is 8.59. The summed E-state index contributed by atoms with van der Waals surface area (Å²) in [6.45, 7) is 5.76. The first-order valence-corrected chi connectivity index (χ1v) is 10.1. The monoisotopic (exact) mass is 388 g/mol. The number of benzene rings is 2. The van der Waals surface area contributed by atoms with Gasteiger partial charge in [-0.25, -0.2) is 4.99 Å². The van der Waals surface area contributed by atoms with E-state index in [1.54, 1.807) is 6.21 Å². The molecule has 2 aliphatic heterocycles. The minimum Gasteiger partial charge on any atom is -0.372 e. The number of hydrogen-bond donors (Lipinski definition) is 3. The second-order valence-corrected chi connectivity index (χ2v) is 7.56. The number of allylic oxidation sites excluding steroid dienone is 1. The van der Waals surface area contributed by atoms with Gasteiger partial charge in [0, 0.05) is 37.6 Å². The van der Waals surface area contributed by atoms with E-state index < -0.39 is 5.79 Å². The summed E-state index contributed by atoms with van der Waals surface area (Å²) in [6, 6.07) is 16.7. The Hall–Kier alpha value is -2.96. The predicted octanol–water partition coefficient (Wildman–Crippen LogP) is 2.57. The van der Waals surface area contributed by atoms with Crippen LogP contribution in [0.3, 0.4) is 0 Å². The van der Waals surface area contributed by atoms with E-state index >= 15 is 0 Å². The van der Waals surface area contributed by atoms with E-state index in [0.717, 1.165) is 49.7 Å². The number of rotatable bonds is 7. The van der Waals surface area contributed by atoms with Crippen LogP contribution >= 0.6 is 0 Å². The van der Waals surface area contributed by atoms with Crippen LogP contribution in [0.4, 0.5) is 0 Å². The summed E-state index contributed by atoms with van der Waals surface area (Å²) < 4.78 is 0. The lowest BCUT2D eigenvalue weighted by Gasteiger charge is -2.32. The highest BCUT2D eigenvalue weighted by Crippen LogP contribution is 2.26. The zero-order chi connectivity index (χ0) is 20.1. The lowest BCUT2D eigenvalue weighted by molar-refractivity contribution is 0.332. The van der Waals surface area contributed by atoms with Crippen molar-refractivity contribution in [3.8, 4) is 11.1 Å². The van der Waals surface area contributed by atoms with E-state index in [1.807, 2.05) is 24.4 Å². The molecule has 29 heavy (non-hydrogen) atoms.